The number of amides is 2. The second-order valence-electron chi connectivity index (χ2n) is 9.13. The zero-order chi connectivity index (χ0) is 24.0. The number of nitrogens with zero attached hydrogens (tertiary/aromatic N) is 3. The number of halogens is 3. The van der Waals surface area contributed by atoms with Crippen molar-refractivity contribution in [3.05, 3.63) is 35.0 Å². The van der Waals surface area contributed by atoms with Crippen LogP contribution in [0.2, 0.25) is 0 Å². The van der Waals surface area contributed by atoms with E-state index in [9.17, 15) is 22.8 Å². The van der Waals surface area contributed by atoms with Crippen LogP contribution in [-0.2, 0) is 9.53 Å². The third kappa shape index (κ3) is 4.97. The van der Waals surface area contributed by atoms with E-state index >= 15 is 0 Å². The molecule has 0 aliphatic carbocycles. The monoisotopic (exact) mass is 482 g/mol. The minimum absolute atomic E-state index is 0.0603. The molecule has 1 fully saturated rings. The molecule has 2 aromatic rings. The first-order valence-electron chi connectivity index (χ1n) is 10.7. The van der Waals surface area contributed by atoms with Crippen LogP contribution >= 0.6 is 11.8 Å². The quantitative estimate of drug-likeness (QED) is 0.698. The van der Waals surface area contributed by atoms with E-state index in [1.54, 1.807) is 43.9 Å². The summed E-state index contributed by atoms with van der Waals surface area (Å²) in [4.78, 5) is 30.4. The summed E-state index contributed by atoms with van der Waals surface area (Å²) < 4.78 is 48.6. The first-order chi connectivity index (χ1) is 15.4. The fourth-order valence-corrected chi connectivity index (χ4v) is 5.06. The van der Waals surface area contributed by atoms with Gasteiger partial charge < -0.3 is 15.0 Å². The van der Waals surface area contributed by atoms with Gasteiger partial charge in [0.1, 0.15) is 16.8 Å². The highest BCUT2D eigenvalue weighted by Crippen LogP contribution is 2.46. The highest BCUT2D eigenvalue weighted by molar-refractivity contribution is 8.04. The number of hydrogen-bond donors (Lipinski definition) is 1. The van der Waals surface area contributed by atoms with Crippen molar-refractivity contribution >= 4 is 35.0 Å². The van der Waals surface area contributed by atoms with Gasteiger partial charge in [-0.1, -0.05) is 17.8 Å². The number of pyridine rings is 1. The molecule has 2 amide bonds. The number of thioether (sulfide) groups is 1. The van der Waals surface area contributed by atoms with Crippen LogP contribution in [0.1, 0.15) is 39.3 Å². The maximum Gasteiger partial charge on any atom is 0.419 e. The van der Waals surface area contributed by atoms with Crippen molar-refractivity contribution < 1.29 is 27.5 Å². The molecule has 0 spiro atoms. The summed E-state index contributed by atoms with van der Waals surface area (Å²) >= 11 is 0.794. The summed E-state index contributed by atoms with van der Waals surface area (Å²) in [7, 11) is 0. The molecule has 7 nitrogen and oxygen atoms in total. The van der Waals surface area contributed by atoms with Crippen molar-refractivity contribution in [3.63, 3.8) is 0 Å². The van der Waals surface area contributed by atoms with E-state index in [1.165, 1.54) is 4.40 Å². The number of rotatable bonds is 3. The normalized spacial score (nSPS) is 17.5. The Kier molecular flexibility index (Phi) is 6.10. The number of aromatic nitrogens is 2. The van der Waals surface area contributed by atoms with Crippen molar-refractivity contribution in [2.75, 3.05) is 19.6 Å². The van der Waals surface area contributed by atoms with Crippen molar-refractivity contribution in [1.82, 2.24) is 19.6 Å². The number of imidazole rings is 1. The lowest BCUT2D eigenvalue weighted by atomic mass is 9.97. The van der Waals surface area contributed by atoms with Crippen LogP contribution in [-0.4, -0.2) is 57.7 Å². The fourth-order valence-electron chi connectivity index (χ4n) is 3.93. The van der Waals surface area contributed by atoms with Crippen LogP contribution in [0.3, 0.4) is 0 Å². The lowest BCUT2D eigenvalue weighted by molar-refractivity contribution is -0.117. The van der Waals surface area contributed by atoms with E-state index in [-0.39, 0.29) is 29.2 Å². The predicted molar refractivity (Wildman–Crippen MR) is 118 cm³/mol. The van der Waals surface area contributed by atoms with Gasteiger partial charge in [0.2, 0.25) is 0 Å². The van der Waals surface area contributed by atoms with E-state index in [0.29, 0.717) is 36.6 Å². The van der Waals surface area contributed by atoms with Crippen molar-refractivity contribution in [2.45, 2.75) is 50.4 Å². The van der Waals surface area contributed by atoms with E-state index in [1.807, 2.05) is 0 Å². The maximum absolute atomic E-state index is 13.9. The smallest absolute Gasteiger partial charge is 0.419 e. The molecule has 1 saturated heterocycles. The van der Waals surface area contributed by atoms with Gasteiger partial charge in [-0.25, -0.2) is 9.78 Å². The number of carbonyl (C=O) groups is 2. The van der Waals surface area contributed by atoms with Gasteiger partial charge in [-0.3, -0.25) is 9.20 Å². The molecule has 33 heavy (non-hydrogen) atoms. The Morgan fingerprint density at radius 3 is 2.55 bits per heavy atom. The number of piperidine rings is 1. The van der Waals surface area contributed by atoms with Crippen molar-refractivity contribution in [1.29, 1.82) is 0 Å². The molecule has 11 heteroatoms. The highest BCUT2D eigenvalue weighted by atomic mass is 32.2. The largest absolute Gasteiger partial charge is 0.444 e. The van der Waals surface area contributed by atoms with Crippen LogP contribution in [0.4, 0.5) is 18.0 Å². The SMILES string of the molecule is CC(C)(C)OC(=O)N1CCC(CNC(=O)C2=C(C(F)(F)F)c3cnc4cccc(n34)S2)CC1. The van der Waals surface area contributed by atoms with E-state index in [2.05, 4.69) is 10.3 Å². The summed E-state index contributed by atoms with van der Waals surface area (Å²) in [6.07, 6.45) is -2.68. The number of ether oxygens (including phenoxy) is 1. The standard InChI is InChI=1S/C22H25F3N4O3S/c1-21(2,3)32-20(31)28-9-7-13(8-10-28)11-27-19(30)18-17(22(23,24)25)14-12-26-15-5-4-6-16(33-18)29(14)15/h4-6,12-13H,7-11H2,1-3H3,(H,27,30). The average molecular weight is 483 g/mol. The molecule has 4 rings (SSSR count). The third-order valence-electron chi connectivity index (χ3n) is 5.49. The number of allylic oxidation sites excluding steroid dienone is 1. The van der Waals surface area contributed by atoms with Crippen LogP contribution in [0.5, 0.6) is 0 Å². The van der Waals surface area contributed by atoms with Gasteiger partial charge in [-0.05, 0) is 51.7 Å². The Balaban J connectivity index is 1.43. The van der Waals surface area contributed by atoms with Gasteiger partial charge in [0.25, 0.3) is 5.91 Å². The topological polar surface area (TPSA) is 75.9 Å². The summed E-state index contributed by atoms with van der Waals surface area (Å²) in [5.74, 6) is -0.698. The van der Waals surface area contributed by atoms with Gasteiger partial charge in [0.15, 0.2) is 0 Å². The lowest BCUT2D eigenvalue weighted by Crippen LogP contribution is -2.43. The number of alkyl halides is 3. The predicted octanol–water partition coefficient (Wildman–Crippen LogP) is 4.48. The molecule has 0 saturated carbocycles. The Morgan fingerprint density at radius 1 is 1.21 bits per heavy atom. The van der Waals surface area contributed by atoms with Gasteiger partial charge in [0, 0.05) is 19.6 Å². The molecule has 0 atom stereocenters. The number of nitrogens with one attached hydrogen (secondary N) is 1. The second kappa shape index (κ2) is 8.58. The van der Waals surface area contributed by atoms with Gasteiger partial charge in [0.05, 0.1) is 21.8 Å². The van der Waals surface area contributed by atoms with Gasteiger partial charge in [-0.2, -0.15) is 13.2 Å². The molecular weight excluding hydrogens is 457 g/mol. The minimum Gasteiger partial charge on any atom is -0.444 e. The summed E-state index contributed by atoms with van der Waals surface area (Å²) in [5, 5.41) is 3.18. The molecule has 0 bridgehead atoms. The second-order valence-corrected chi connectivity index (χ2v) is 10.2. The van der Waals surface area contributed by atoms with E-state index < -0.39 is 23.3 Å². The molecule has 2 aliphatic rings. The molecule has 0 unspecified atom stereocenters. The Morgan fingerprint density at radius 2 is 1.91 bits per heavy atom. The Labute approximate surface area is 193 Å². The van der Waals surface area contributed by atoms with Crippen LogP contribution < -0.4 is 5.32 Å². The molecule has 0 aromatic carbocycles. The fraction of sp³-hybridized carbons (Fsp3) is 0.500. The summed E-state index contributed by atoms with van der Waals surface area (Å²) in [5.41, 5.74) is -1.30. The lowest BCUT2D eigenvalue weighted by Gasteiger charge is -2.33. The summed E-state index contributed by atoms with van der Waals surface area (Å²) in [6, 6.07) is 4.98. The number of hydrogen-bond acceptors (Lipinski definition) is 5. The Hall–Kier alpha value is -2.69. The zero-order valence-electron chi connectivity index (χ0n) is 18.5. The van der Waals surface area contributed by atoms with E-state index in [4.69, 9.17) is 4.74 Å². The van der Waals surface area contributed by atoms with Crippen molar-refractivity contribution in [2.24, 2.45) is 5.92 Å². The molecule has 2 aromatic heterocycles. The third-order valence-corrected chi connectivity index (χ3v) is 6.61. The average Bonchev–Trinajstić information content (AvgIpc) is 3.15. The molecule has 178 valence electrons. The van der Waals surface area contributed by atoms with Crippen LogP contribution in [0.25, 0.3) is 11.2 Å². The molecular formula is C22H25F3N4O3S. The number of carbonyl (C=O) groups excluding carboxylic acids is 2. The molecule has 1 N–H and O–H groups in total. The summed E-state index contributed by atoms with van der Waals surface area (Å²) in [6.45, 7) is 6.58. The first-order valence-corrected chi connectivity index (χ1v) is 11.5. The van der Waals surface area contributed by atoms with Gasteiger partial charge in [-0.15, -0.1) is 0 Å². The maximum atomic E-state index is 13.9. The van der Waals surface area contributed by atoms with Crippen LogP contribution in [0.15, 0.2) is 34.3 Å². The number of likely N-dealkylation sites (tertiary alicyclic amines) is 1. The highest BCUT2D eigenvalue weighted by Gasteiger charge is 2.43. The van der Waals surface area contributed by atoms with Gasteiger partial charge >= 0.3 is 12.3 Å². The van der Waals surface area contributed by atoms with E-state index in [0.717, 1.165) is 18.0 Å². The Bertz CT molecular complexity index is 1110. The molecule has 2 aliphatic heterocycles. The minimum atomic E-state index is -4.71. The first kappa shape index (κ1) is 23.5. The van der Waals surface area contributed by atoms with Crippen molar-refractivity contribution in [3.8, 4) is 0 Å². The molecule has 4 heterocycles. The zero-order valence-corrected chi connectivity index (χ0v) is 19.3. The van der Waals surface area contributed by atoms with Crippen LogP contribution in [0, 0.1) is 5.92 Å². The molecule has 0 radical (unpaired) electrons.